The van der Waals surface area contributed by atoms with Crippen molar-refractivity contribution < 1.29 is 30.3 Å². The summed E-state index contributed by atoms with van der Waals surface area (Å²) >= 11 is 0. The highest BCUT2D eigenvalue weighted by atomic mass is 16.7. The van der Waals surface area contributed by atoms with Crippen LogP contribution in [0.3, 0.4) is 0 Å². The first-order chi connectivity index (χ1) is 5.90. The molecule has 1 fully saturated rings. The smallest absolute Gasteiger partial charge is 0.184 e. The van der Waals surface area contributed by atoms with Crippen molar-refractivity contribution in [3.8, 4) is 0 Å². The molecule has 5 N–H and O–H groups in total. The lowest BCUT2D eigenvalue weighted by Gasteiger charge is -2.29. The van der Waals surface area contributed by atoms with Gasteiger partial charge >= 0.3 is 0 Å². The molecule has 1 rings (SSSR count). The standard InChI is InChI=1S/C7H14O6/c1-7(12,2-8)5-3(9)4(10)6(11)13-5/h3-6,8-12H,2H2,1H3/t3-,4-,5+,6+,7+/m1/s1. The molecular weight excluding hydrogens is 180 g/mol. The Morgan fingerprint density at radius 3 is 2.08 bits per heavy atom. The monoisotopic (exact) mass is 194 g/mol. The number of hydrogen-bond acceptors (Lipinski definition) is 6. The molecule has 0 radical (unpaired) electrons. The molecule has 6 nitrogen and oxygen atoms in total. The first-order valence-corrected chi connectivity index (χ1v) is 3.93. The van der Waals surface area contributed by atoms with Gasteiger partial charge in [0.25, 0.3) is 0 Å². The van der Waals surface area contributed by atoms with E-state index in [-0.39, 0.29) is 0 Å². The number of ether oxygens (including phenoxy) is 1. The van der Waals surface area contributed by atoms with Crippen LogP contribution in [-0.4, -0.2) is 62.3 Å². The van der Waals surface area contributed by atoms with Gasteiger partial charge in [0.15, 0.2) is 6.29 Å². The Kier molecular flexibility index (Phi) is 2.91. The van der Waals surface area contributed by atoms with Crippen LogP contribution in [-0.2, 0) is 4.74 Å². The fraction of sp³-hybridized carbons (Fsp3) is 1.00. The summed E-state index contributed by atoms with van der Waals surface area (Å²) in [7, 11) is 0. The molecule has 0 aromatic heterocycles. The first-order valence-electron chi connectivity index (χ1n) is 3.93. The van der Waals surface area contributed by atoms with Crippen molar-refractivity contribution in [2.45, 2.75) is 37.1 Å². The molecule has 0 amide bonds. The highest BCUT2D eigenvalue weighted by Gasteiger charge is 2.50. The minimum absolute atomic E-state index is 0.631. The Morgan fingerprint density at radius 2 is 1.77 bits per heavy atom. The Labute approximate surface area is 75.0 Å². The van der Waals surface area contributed by atoms with Crippen LogP contribution >= 0.6 is 0 Å². The van der Waals surface area contributed by atoms with Crippen molar-refractivity contribution in [2.24, 2.45) is 0 Å². The maximum absolute atomic E-state index is 9.47. The minimum Gasteiger partial charge on any atom is -0.393 e. The normalized spacial score (nSPS) is 44.8. The SMILES string of the molecule is C[C@](O)(CO)[C@H]1O[C@H](O)[C@H](O)[C@H]1O. The molecule has 0 aromatic rings. The summed E-state index contributed by atoms with van der Waals surface area (Å²) in [5, 5.41) is 45.6. The molecular formula is C7H14O6. The third kappa shape index (κ3) is 1.83. The van der Waals surface area contributed by atoms with Crippen molar-refractivity contribution >= 4 is 0 Å². The average Bonchev–Trinajstić information content (AvgIpc) is 2.33. The van der Waals surface area contributed by atoms with Gasteiger partial charge in [0.05, 0.1) is 6.61 Å². The molecule has 13 heavy (non-hydrogen) atoms. The van der Waals surface area contributed by atoms with Crippen LogP contribution in [0.1, 0.15) is 6.92 Å². The van der Waals surface area contributed by atoms with Crippen LogP contribution in [0.15, 0.2) is 0 Å². The second kappa shape index (κ2) is 3.49. The van der Waals surface area contributed by atoms with E-state index < -0.39 is 36.8 Å². The molecule has 0 bridgehead atoms. The number of aliphatic hydroxyl groups is 5. The van der Waals surface area contributed by atoms with Gasteiger partial charge < -0.3 is 30.3 Å². The van der Waals surface area contributed by atoms with E-state index in [1.807, 2.05) is 0 Å². The summed E-state index contributed by atoms with van der Waals surface area (Å²) in [5.41, 5.74) is -1.68. The van der Waals surface area contributed by atoms with E-state index >= 15 is 0 Å². The zero-order chi connectivity index (χ0) is 10.2. The van der Waals surface area contributed by atoms with Crippen molar-refractivity contribution in [2.75, 3.05) is 6.61 Å². The zero-order valence-corrected chi connectivity index (χ0v) is 7.16. The van der Waals surface area contributed by atoms with Crippen LogP contribution in [0.4, 0.5) is 0 Å². The van der Waals surface area contributed by atoms with E-state index in [0.29, 0.717) is 0 Å². The number of hydrogen-bond donors (Lipinski definition) is 5. The van der Waals surface area contributed by atoms with Gasteiger partial charge in [0, 0.05) is 0 Å². The van der Waals surface area contributed by atoms with Crippen molar-refractivity contribution in [1.29, 1.82) is 0 Å². The molecule has 1 heterocycles. The molecule has 0 aromatic carbocycles. The molecule has 1 aliphatic heterocycles. The quantitative estimate of drug-likeness (QED) is 0.324. The Bertz CT molecular complexity index is 182. The average molecular weight is 194 g/mol. The summed E-state index contributed by atoms with van der Waals surface area (Å²) in [5.74, 6) is 0. The van der Waals surface area contributed by atoms with Crippen molar-refractivity contribution in [3.05, 3.63) is 0 Å². The summed E-state index contributed by atoms with van der Waals surface area (Å²) < 4.78 is 4.69. The van der Waals surface area contributed by atoms with E-state index in [9.17, 15) is 10.2 Å². The highest BCUT2D eigenvalue weighted by Crippen LogP contribution is 2.27. The van der Waals surface area contributed by atoms with Gasteiger partial charge in [-0.2, -0.15) is 0 Å². The molecule has 0 saturated carbocycles. The molecule has 1 aliphatic rings. The molecule has 5 atom stereocenters. The van der Waals surface area contributed by atoms with Crippen LogP contribution in [0.2, 0.25) is 0 Å². The van der Waals surface area contributed by atoms with Crippen LogP contribution < -0.4 is 0 Å². The van der Waals surface area contributed by atoms with Crippen molar-refractivity contribution in [3.63, 3.8) is 0 Å². The van der Waals surface area contributed by atoms with Gasteiger partial charge in [-0.3, -0.25) is 0 Å². The third-order valence-corrected chi connectivity index (χ3v) is 2.17. The minimum atomic E-state index is -1.68. The predicted octanol–water partition coefficient (Wildman–Crippen LogP) is -2.83. The first kappa shape index (κ1) is 10.8. The molecule has 78 valence electrons. The van der Waals surface area contributed by atoms with Gasteiger partial charge in [-0.15, -0.1) is 0 Å². The summed E-state index contributed by atoms with van der Waals surface area (Å²) in [6.45, 7) is 0.611. The molecule has 0 unspecified atom stereocenters. The van der Waals surface area contributed by atoms with E-state index in [4.69, 9.17) is 15.3 Å². The highest BCUT2D eigenvalue weighted by molar-refractivity contribution is 4.96. The molecule has 1 saturated heterocycles. The second-order valence-electron chi connectivity index (χ2n) is 3.44. The fourth-order valence-electron chi connectivity index (χ4n) is 1.26. The van der Waals surface area contributed by atoms with Crippen LogP contribution in [0, 0.1) is 0 Å². The summed E-state index contributed by atoms with van der Waals surface area (Å²) in [4.78, 5) is 0. The van der Waals surface area contributed by atoms with E-state index in [1.165, 1.54) is 6.92 Å². The Balaban J connectivity index is 2.73. The molecule has 6 heteroatoms. The molecule has 0 aliphatic carbocycles. The fourth-order valence-corrected chi connectivity index (χ4v) is 1.26. The number of aliphatic hydroxyl groups excluding tert-OH is 4. The largest absolute Gasteiger partial charge is 0.393 e. The van der Waals surface area contributed by atoms with Crippen molar-refractivity contribution in [1.82, 2.24) is 0 Å². The summed E-state index contributed by atoms with van der Waals surface area (Å²) in [6.07, 6.45) is -5.58. The Morgan fingerprint density at radius 1 is 1.23 bits per heavy atom. The maximum Gasteiger partial charge on any atom is 0.184 e. The summed E-state index contributed by atoms with van der Waals surface area (Å²) in [6, 6.07) is 0. The van der Waals surface area contributed by atoms with E-state index in [2.05, 4.69) is 4.74 Å². The van der Waals surface area contributed by atoms with Gasteiger partial charge in [-0.1, -0.05) is 0 Å². The van der Waals surface area contributed by atoms with E-state index in [1.54, 1.807) is 0 Å². The second-order valence-corrected chi connectivity index (χ2v) is 3.44. The Hall–Kier alpha value is -0.240. The van der Waals surface area contributed by atoms with E-state index in [0.717, 1.165) is 0 Å². The lowest BCUT2D eigenvalue weighted by Crippen LogP contribution is -2.49. The van der Waals surface area contributed by atoms with Gasteiger partial charge in [-0.05, 0) is 6.92 Å². The van der Waals surface area contributed by atoms with Gasteiger partial charge in [0.2, 0.25) is 0 Å². The number of rotatable bonds is 2. The predicted molar refractivity (Wildman–Crippen MR) is 40.6 cm³/mol. The molecule has 0 spiro atoms. The zero-order valence-electron chi connectivity index (χ0n) is 7.16. The topological polar surface area (TPSA) is 110 Å². The third-order valence-electron chi connectivity index (χ3n) is 2.17. The van der Waals surface area contributed by atoms with Gasteiger partial charge in [0.1, 0.15) is 23.9 Å². The van der Waals surface area contributed by atoms with Gasteiger partial charge in [-0.25, -0.2) is 0 Å². The lowest BCUT2D eigenvalue weighted by molar-refractivity contribution is -0.179. The van der Waals surface area contributed by atoms with Crippen LogP contribution in [0.25, 0.3) is 0 Å². The lowest BCUT2D eigenvalue weighted by atomic mass is 9.95. The maximum atomic E-state index is 9.47. The van der Waals surface area contributed by atoms with Crippen LogP contribution in [0.5, 0.6) is 0 Å².